The summed E-state index contributed by atoms with van der Waals surface area (Å²) in [5.41, 5.74) is 0.448. The molecule has 1 aliphatic heterocycles. The van der Waals surface area contributed by atoms with Crippen LogP contribution in [0, 0.1) is 11.7 Å². The molecule has 1 heterocycles. The molecule has 4 heteroatoms. The van der Waals surface area contributed by atoms with Crippen LogP contribution in [0.25, 0.3) is 0 Å². The Bertz CT molecular complexity index is 394. The van der Waals surface area contributed by atoms with E-state index >= 15 is 0 Å². The third-order valence-electron chi connectivity index (χ3n) is 3.00. The molecular formula is C13H14BrFO2. The lowest BCUT2D eigenvalue weighted by Crippen LogP contribution is -2.18. The number of ketones is 1. The van der Waals surface area contributed by atoms with Crippen molar-refractivity contribution in [2.24, 2.45) is 5.92 Å². The quantitative estimate of drug-likeness (QED) is 0.798. The molecule has 1 aromatic rings. The lowest BCUT2D eigenvalue weighted by atomic mass is 9.92. The number of rotatable bonds is 3. The second kappa shape index (κ2) is 5.74. The number of carbonyl (C=O) groups excluding carboxylic acids is 1. The summed E-state index contributed by atoms with van der Waals surface area (Å²) in [5.74, 6) is 0.00472. The van der Waals surface area contributed by atoms with E-state index in [4.69, 9.17) is 4.74 Å². The van der Waals surface area contributed by atoms with Crippen molar-refractivity contribution in [3.63, 3.8) is 0 Å². The van der Waals surface area contributed by atoms with Crippen LogP contribution in [-0.2, 0) is 4.74 Å². The minimum absolute atomic E-state index is 0.0112. The number of hydrogen-bond acceptors (Lipinski definition) is 2. The maximum atomic E-state index is 13.2. The van der Waals surface area contributed by atoms with Crippen molar-refractivity contribution in [3.05, 3.63) is 34.1 Å². The van der Waals surface area contributed by atoms with Crippen molar-refractivity contribution in [1.29, 1.82) is 0 Å². The van der Waals surface area contributed by atoms with Crippen LogP contribution < -0.4 is 0 Å². The lowest BCUT2D eigenvalue weighted by Gasteiger charge is -2.21. The Kier molecular flexibility index (Phi) is 4.29. The van der Waals surface area contributed by atoms with Crippen molar-refractivity contribution in [3.8, 4) is 0 Å². The SMILES string of the molecule is O=C(CC1CCOCC1)c1cc(F)cc(Br)c1. The van der Waals surface area contributed by atoms with Gasteiger partial charge in [0.15, 0.2) is 5.78 Å². The zero-order valence-corrected chi connectivity index (χ0v) is 11.0. The molecule has 2 nitrogen and oxygen atoms in total. The number of hydrogen-bond donors (Lipinski definition) is 0. The van der Waals surface area contributed by atoms with Crippen molar-refractivity contribution < 1.29 is 13.9 Å². The summed E-state index contributed by atoms with van der Waals surface area (Å²) in [4.78, 5) is 12.0. The topological polar surface area (TPSA) is 26.3 Å². The van der Waals surface area contributed by atoms with E-state index in [9.17, 15) is 9.18 Å². The second-order valence-corrected chi connectivity index (χ2v) is 5.26. The molecule has 0 radical (unpaired) electrons. The van der Waals surface area contributed by atoms with Gasteiger partial charge in [-0.25, -0.2) is 4.39 Å². The molecule has 1 fully saturated rings. The van der Waals surface area contributed by atoms with Crippen LogP contribution in [0.3, 0.4) is 0 Å². The number of ether oxygens (including phenoxy) is 1. The van der Waals surface area contributed by atoms with Gasteiger partial charge in [0, 0.05) is 29.7 Å². The Morgan fingerprint density at radius 3 is 2.71 bits per heavy atom. The Morgan fingerprint density at radius 2 is 2.06 bits per heavy atom. The number of carbonyl (C=O) groups is 1. The van der Waals surface area contributed by atoms with E-state index < -0.39 is 0 Å². The average Bonchev–Trinajstić information content (AvgIpc) is 2.29. The largest absolute Gasteiger partial charge is 0.381 e. The molecule has 2 rings (SSSR count). The summed E-state index contributed by atoms with van der Waals surface area (Å²) in [5, 5.41) is 0. The molecule has 0 unspecified atom stereocenters. The normalized spacial score (nSPS) is 17.1. The van der Waals surface area contributed by atoms with Crippen LogP contribution in [0.15, 0.2) is 22.7 Å². The fraction of sp³-hybridized carbons (Fsp3) is 0.462. The van der Waals surface area contributed by atoms with E-state index in [0.717, 1.165) is 26.1 Å². The van der Waals surface area contributed by atoms with Gasteiger partial charge >= 0.3 is 0 Å². The molecule has 0 spiro atoms. The van der Waals surface area contributed by atoms with Crippen LogP contribution >= 0.6 is 15.9 Å². The Balaban J connectivity index is 2.03. The number of halogens is 2. The summed E-state index contributed by atoms with van der Waals surface area (Å²) in [6, 6.07) is 4.32. The third-order valence-corrected chi connectivity index (χ3v) is 3.46. The molecule has 0 amide bonds. The first-order valence-electron chi connectivity index (χ1n) is 5.72. The average molecular weight is 301 g/mol. The molecule has 0 saturated carbocycles. The molecule has 0 bridgehead atoms. The van der Waals surface area contributed by atoms with Crippen LogP contribution in [0.5, 0.6) is 0 Å². The smallest absolute Gasteiger partial charge is 0.163 e. The van der Waals surface area contributed by atoms with Gasteiger partial charge in [0.1, 0.15) is 5.82 Å². The van der Waals surface area contributed by atoms with E-state index in [-0.39, 0.29) is 11.6 Å². The minimum Gasteiger partial charge on any atom is -0.381 e. The van der Waals surface area contributed by atoms with Gasteiger partial charge in [-0.3, -0.25) is 4.79 Å². The fourth-order valence-electron chi connectivity index (χ4n) is 2.05. The molecule has 92 valence electrons. The predicted molar refractivity (Wildman–Crippen MR) is 66.6 cm³/mol. The molecule has 0 N–H and O–H groups in total. The second-order valence-electron chi connectivity index (χ2n) is 4.34. The summed E-state index contributed by atoms with van der Waals surface area (Å²) in [6.07, 6.45) is 2.32. The molecule has 1 aliphatic rings. The number of Topliss-reactive ketones (excluding diaryl/α,β-unsaturated/α-hetero) is 1. The summed E-state index contributed by atoms with van der Waals surface area (Å²) >= 11 is 3.19. The van der Waals surface area contributed by atoms with Gasteiger partial charge in [0.2, 0.25) is 0 Å². The predicted octanol–water partition coefficient (Wildman–Crippen LogP) is 3.59. The molecular weight excluding hydrogens is 287 g/mol. The molecule has 17 heavy (non-hydrogen) atoms. The summed E-state index contributed by atoms with van der Waals surface area (Å²) < 4.78 is 19.0. The molecule has 1 saturated heterocycles. The van der Waals surface area contributed by atoms with E-state index in [1.54, 1.807) is 6.07 Å². The van der Waals surface area contributed by atoms with E-state index in [0.29, 0.717) is 22.4 Å². The highest BCUT2D eigenvalue weighted by atomic mass is 79.9. The zero-order valence-electron chi connectivity index (χ0n) is 9.42. The maximum Gasteiger partial charge on any atom is 0.163 e. The van der Waals surface area contributed by atoms with Gasteiger partial charge in [-0.05, 0) is 37.0 Å². The van der Waals surface area contributed by atoms with Crippen LogP contribution in [0.4, 0.5) is 4.39 Å². The van der Waals surface area contributed by atoms with Gasteiger partial charge in [0.25, 0.3) is 0 Å². The van der Waals surface area contributed by atoms with Gasteiger partial charge in [-0.1, -0.05) is 15.9 Å². The van der Waals surface area contributed by atoms with Crippen molar-refractivity contribution >= 4 is 21.7 Å². The van der Waals surface area contributed by atoms with E-state index in [2.05, 4.69) is 15.9 Å². The van der Waals surface area contributed by atoms with Crippen LogP contribution in [0.1, 0.15) is 29.6 Å². The van der Waals surface area contributed by atoms with Crippen molar-refractivity contribution in [1.82, 2.24) is 0 Å². The van der Waals surface area contributed by atoms with Gasteiger partial charge in [-0.2, -0.15) is 0 Å². The highest BCUT2D eigenvalue weighted by Crippen LogP contribution is 2.22. The minimum atomic E-state index is -0.380. The Morgan fingerprint density at radius 1 is 1.35 bits per heavy atom. The number of benzene rings is 1. The van der Waals surface area contributed by atoms with E-state index in [1.165, 1.54) is 12.1 Å². The molecule has 1 aromatic carbocycles. The zero-order chi connectivity index (χ0) is 12.3. The standard InChI is InChI=1S/C13H14BrFO2/c14-11-6-10(7-12(15)8-11)13(16)5-9-1-3-17-4-2-9/h6-9H,1-5H2. The maximum absolute atomic E-state index is 13.2. The lowest BCUT2D eigenvalue weighted by molar-refractivity contribution is 0.0601. The Hall–Kier alpha value is -0.740. The van der Waals surface area contributed by atoms with Crippen molar-refractivity contribution in [2.45, 2.75) is 19.3 Å². The van der Waals surface area contributed by atoms with Crippen molar-refractivity contribution in [2.75, 3.05) is 13.2 Å². The molecule has 0 aliphatic carbocycles. The van der Waals surface area contributed by atoms with E-state index in [1.807, 2.05) is 0 Å². The first kappa shape index (κ1) is 12.7. The highest BCUT2D eigenvalue weighted by molar-refractivity contribution is 9.10. The molecule has 0 aromatic heterocycles. The first-order valence-corrected chi connectivity index (χ1v) is 6.51. The van der Waals surface area contributed by atoms with Gasteiger partial charge in [-0.15, -0.1) is 0 Å². The highest BCUT2D eigenvalue weighted by Gasteiger charge is 2.18. The fourth-order valence-corrected chi connectivity index (χ4v) is 2.51. The van der Waals surface area contributed by atoms with Gasteiger partial charge < -0.3 is 4.74 Å². The van der Waals surface area contributed by atoms with Crippen LogP contribution in [-0.4, -0.2) is 19.0 Å². The summed E-state index contributed by atoms with van der Waals surface area (Å²) in [7, 11) is 0. The van der Waals surface area contributed by atoms with Crippen LogP contribution in [0.2, 0.25) is 0 Å². The monoisotopic (exact) mass is 300 g/mol. The van der Waals surface area contributed by atoms with Gasteiger partial charge in [0.05, 0.1) is 0 Å². The first-order chi connectivity index (χ1) is 8.15. The Labute approximate surface area is 108 Å². The summed E-state index contributed by atoms with van der Waals surface area (Å²) in [6.45, 7) is 1.45. The molecule has 0 atom stereocenters. The third kappa shape index (κ3) is 3.61.